The first-order valence-corrected chi connectivity index (χ1v) is 14.0. The van der Waals surface area contributed by atoms with Gasteiger partial charge in [-0.25, -0.2) is 13.8 Å². The second-order valence-electron chi connectivity index (χ2n) is 8.97. The first-order chi connectivity index (χ1) is 19.3. The highest BCUT2D eigenvalue weighted by Crippen LogP contribution is 2.34. The normalized spacial score (nSPS) is 14.8. The molecule has 12 heteroatoms. The molecule has 1 aromatic heterocycles. The van der Waals surface area contributed by atoms with Gasteiger partial charge in [0.15, 0.2) is 11.0 Å². The van der Waals surface area contributed by atoms with Crippen LogP contribution < -0.4 is 5.32 Å². The van der Waals surface area contributed by atoms with Crippen LogP contribution in [0.1, 0.15) is 39.8 Å². The van der Waals surface area contributed by atoms with E-state index in [1.807, 2.05) is 24.3 Å². The number of nitrogens with one attached hydrogen (secondary N) is 1. The second-order valence-corrected chi connectivity index (χ2v) is 10.8. The van der Waals surface area contributed by atoms with Crippen LogP contribution in [0.15, 0.2) is 87.5 Å². The largest absolute Gasteiger partial charge is 0.345 e. The average molecular weight is 625 g/mol. The summed E-state index contributed by atoms with van der Waals surface area (Å²) >= 11 is 4.62. The topological polar surface area (TPSA) is 92.5 Å². The molecule has 1 aliphatic heterocycles. The molecule has 0 fully saturated rings. The van der Waals surface area contributed by atoms with Crippen LogP contribution in [-0.4, -0.2) is 43.1 Å². The number of halogens is 3. The molecule has 0 saturated heterocycles. The van der Waals surface area contributed by atoms with E-state index in [-0.39, 0.29) is 35.6 Å². The number of amides is 2. The van der Waals surface area contributed by atoms with E-state index in [9.17, 15) is 18.4 Å². The summed E-state index contributed by atoms with van der Waals surface area (Å²) in [6.07, 6.45) is 0.486. The molecule has 2 amide bonds. The molecule has 0 radical (unpaired) electrons. The third-order valence-electron chi connectivity index (χ3n) is 6.37. The number of thioether (sulfide) groups is 1. The predicted octanol–water partition coefficient (Wildman–Crippen LogP) is 5.26. The molecule has 204 valence electrons. The molecule has 0 spiro atoms. The number of hydrogen-bond donors (Lipinski definition) is 1. The van der Waals surface area contributed by atoms with Crippen molar-refractivity contribution in [2.45, 2.75) is 24.2 Å². The lowest BCUT2D eigenvalue weighted by molar-refractivity contribution is -0.130. The van der Waals surface area contributed by atoms with Gasteiger partial charge in [-0.2, -0.15) is 5.10 Å². The lowest BCUT2D eigenvalue weighted by Gasteiger charge is -2.22. The standard InChI is InChI=1S/C28H23BrF2N6O2S/c1-36-25(15-32-27(39)21-4-2-3-5-22(21)31)33-34-28(36)40-16-26(38)37-24(18-8-12-20(30)13-9-18)14-23(35-37)17-6-10-19(29)11-7-17/h2-13,24H,14-16H2,1H3,(H,32,39)/t24-/m1/s1. The Balaban J connectivity index is 1.27. The van der Waals surface area contributed by atoms with Crippen molar-refractivity contribution >= 4 is 45.2 Å². The van der Waals surface area contributed by atoms with Crippen LogP contribution in [0.4, 0.5) is 8.78 Å². The first kappa shape index (κ1) is 27.7. The van der Waals surface area contributed by atoms with Gasteiger partial charge in [-0.1, -0.05) is 64.1 Å². The minimum absolute atomic E-state index is 0.0301. The number of hydrogen-bond acceptors (Lipinski definition) is 6. The summed E-state index contributed by atoms with van der Waals surface area (Å²) in [5, 5.41) is 17.4. The maximum absolute atomic E-state index is 13.9. The predicted molar refractivity (Wildman–Crippen MR) is 151 cm³/mol. The monoisotopic (exact) mass is 624 g/mol. The maximum Gasteiger partial charge on any atom is 0.254 e. The zero-order valence-corrected chi connectivity index (χ0v) is 23.6. The van der Waals surface area contributed by atoms with Crippen LogP contribution in [-0.2, 0) is 18.4 Å². The van der Waals surface area contributed by atoms with Crippen LogP contribution in [0.25, 0.3) is 0 Å². The van der Waals surface area contributed by atoms with Crippen molar-refractivity contribution in [1.29, 1.82) is 0 Å². The highest BCUT2D eigenvalue weighted by Gasteiger charge is 2.33. The smallest absolute Gasteiger partial charge is 0.254 e. The van der Waals surface area contributed by atoms with Crippen molar-refractivity contribution < 1.29 is 18.4 Å². The third-order valence-corrected chi connectivity index (χ3v) is 7.91. The molecule has 40 heavy (non-hydrogen) atoms. The Hall–Kier alpha value is -3.90. The molecule has 5 rings (SSSR count). The number of hydrazone groups is 1. The quantitative estimate of drug-likeness (QED) is 0.270. The van der Waals surface area contributed by atoms with Gasteiger partial charge in [-0.05, 0) is 47.5 Å². The Morgan fingerprint density at radius 1 is 1.02 bits per heavy atom. The van der Waals surface area contributed by atoms with Crippen molar-refractivity contribution in [3.05, 3.63) is 111 Å². The fourth-order valence-corrected chi connectivity index (χ4v) is 5.27. The van der Waals surface area contributed by atoms with Crippen molar-refractivity contribution in [2.24, 2.45) is 12.1 Å². The first-order valence-electron chi connectivity index (χ1n) is 12.2. The van der Waals surface area contributed by atoms with Gasteiger partial charge >= 0.3 is 0 Å². The van der Waals surface area contributed by atoms with E-state index < -0.39 is 11.7 Å². The molecular formula is C28H23BrF2N6O2S. The van der Waals surface area contributed by atoms with Gasteiger partial charge in [-0.3, -0.25) is 9.59 Å². The lowest BCUT2D eigenvalue weighted by Crippen LogP contribution is -2.28. The average Bonchev–Trinajstić information content (AvgIpc) is 3.55. The van der Waals surface area contributed by atoms with E-state index in [0.717, 1.165) is 21.3 Å². The van der Waals surface area contributed by atoms with Crippen molar-refractivity contribution in [2.75, 3.05) is 5.75 Å². The Kier molecular flexibility index (Phi) is 8.36. The molecule has 1 N–H and O–H groups in total. The van der Waals surface area contributed by atoms with Gasteiger partial charge in [0.1, 0.15) is 11.6 Å². The zero-order chi connectivity index (χ0) is 28.2. The number of benzene rings is 3. The Bertz CT molecular complexity index is 1580. The Labute approximate surface area is 241 Å². The summed E-state index contributed by atoms with van der Waals surface area (Å²) in [5.74, 6) is -1.30. The second kappa shape index (κ2) is 12.1. The molecule has 1 atom stereocenters. The number of carbonyl (C=O) groups excluding carboxylic acids is 2. The lowest BCUT2D eigenvalue weighted by atomic mass is 9.98. The highest BCUT2D eigenvalue weighted by molar-refractivity contribution is 9.10. The van der Waals surface area contributed by atoms with Gasteiger partial charge in [0.2, 0.25) is 0 Å². The van der Waals surface area contributed by atoms with Crippen molar-refractivity contribution in [3.8, 4) is 0 Å². The zero-order valence-electron chi connectivity index (χ0n) is 21.2. The van der Waals surface area contributed by atoms with Crippen LogP contribution in [0, 0.1) is 11.6 Å². The fourth-order valence-electron chi connectivity index (χ4n) is 4.22. The van der Waals surface area contributed by atoms with Gasteiger partial charge < -0.3 is 9.88 Å². The van der Waals surface area contributed by atoms with Gasteiger partial charge in [0.05, 0.1) is 29.6 Å². The molecule has 0 bridgehead atoms. The summed E-state index contributed by atoms with van der Waals surface area (Å²) in [7, 11) is 1.72. The number of nitrogens with zero attached hydrogens (tertiary/aromatic N) is 5. The van der Waals surface area contributed by atoms with E-state index >= 15 is 0 Å². The Morgan fingerprint density at radius 2 is 1.75 bits per heavy atom. The molecule has 8 nitrogen and oxygen atoms in total. The van der Waals surface area contributed by atoms with Crippen molar-refractivity contribution in [3.63, 3.8) is 0 Å². The number of carbonyl (C=O) groups is 2. The number of rotatable bonds is 8. The van der Waals surface area contributed by atoms with Crippen LogP contribution in [0.2, 0.25) is 0 Å². The summed E-state index contributed by atoms with van der Waals surface area (Å²) in [6, 6.07) is 19.1. The van der Waals surface area contributed by atoms with Crippen LogP contribution in [0.5, 0.6) is 0 Å². The highest BCUT2D eigenvalue weighted by atomic mass is 79.9. The molecule has 0 aliphatic carbocycles. The Morgan fingerprint density at radius 3 is 2.48 bits per heavy atom. The van der Waals surface area contributed by atoms with E-state index in [2.05, 4.69) is 36.5 Å². The summed E-state index contributed by atoms with van der Waals surface area (Å²) in [4.78, 5) is 25.7. The molecule has 2 heterocycles. The van der Waals surface area contributed by atoms with E-state index in [0.29, 0.717) is 17.4 Å². The molecular weight excluding hydrogens is 602 g/mol. The van der Waals surface area contributed by atoms with E-state index in [1.54, 1.807) is 29.8 Å². The molecule has 1 aliphatic rings. The van der Waals surface area contributed by atoms with Gasteiger partial charge in [0.25, 0.3) is 11.8 Å². The summed E-state index contributed by atoms with van der Waals surface area (Å²) in [5.41, 5.74) is 2.37. The minimum atomic E-state index is -0.612. The maximum atomic E-state index is 13.9. The van der Waals surface area contributed by atoms with Gasteiger partial charge in [-0.15, -0.1) is 10.2 Å². The van der Waals surface area contributed by atoms with Gasteiger partial charge in [0, 0.05) is 17.9 Å². The minimum Gasteiger partial charge on any atom is -0.345 e. The molecule has 0 saturated carbocycles. The van der Waals surface area contributed by atoms with Crippen molar-refractivity contribution in [1.82, 2.24) is 25.1 Å². The third kappa shape index (κ3) is 6.13. The van der Waals surface area contributed by atoms with Crippen LogP contribution in [0.3, 0.4) is 0 Å². The SMILES string of the molecule is Cn1c(CNC(=O)c2ccccc2F)nnc1SCC(=O)N1N=C(c2ccc(Br)cc2)C[C@@H]1c1ccc(F)cc1. The molecule has 0 unspecified atom stereocenters. The summed E-state index contributed by atoms with van der Waals surface area (Å²) < 4.78 is 30.1. The van der Waals surface area contributed by atoms with E-state index in [1.165, 1.54) is 47.1 Å². The number of aromatic nitrogens is 3. The molecule has 3 aromatic carbocycles. The van der Waals surface area contributed by atoms with E-state index in [4.69, 9.17) is 0 Å². The summed E-state index contributed by atoms with van der Waals surface area (Å²) in [6.45, 7) is 0.0325. The molecule has 4 aromatic rings. The fraction of sp³-hybridized carbons (Fsp3) is 0.179. The van der Waals surface area contributed by atoms with Crippen LogP contribution >= 0.6 is 27.7 Å².